The molecular weight excluding hydrogens is 285 g/mol. The van der Waals surface area contributed by atoms with E-state index in [0.29, 0.717) is 11.5 Å². The number of ether oxygens (including phenoxy) is 3. The van der Waals surface area contributed by atoms with Crippen molar-refractivity contribution in [2.75, 3.05) is 26.9 Å². The quantitative estimate of drug-likeness (QED) is 0.570. The van der Waals surface area contributed by atoms with Gasteiger partial charge in [0.1, 0.15) is 24.7 Å². The molecule has 7 heteroatoms. The summed E-state index contributed by atoms with van der Waals surface area (Å²) in [6.45, 7) is -1.43. The first kappa shape index (κ1) is 15.9. The summed E-state index contributed by atoms with van der Waals surface area (Å²) in [7, 11) is 1.51. The Morgan fingerprint density at radius 2 is 1.95 bits per heavy atom. The molecule has 0 spiro atoms. The van der Waals surface area contributed by atoms with E-state index < -0.39 is 12.8 Å². The predicted molar refractivity (Wildman–Crippen MR) is 64.9 cm³/mol. The van der Waals surface area contributed by atoms with Crippen LogP contribution in [-0.2, 0) is 10.6 Å². The molecular formula is C12H14ClF3O3. The van der Waals surface area contributed by atoms with Crippen LogP contribution in [0.3, 0.4) is 0 Å². The molecule has 0 radical (unpaired) electrons. The first-order chi connectivity index (χ1) is 8.96. The second kappa shape index (κ2) is 7.45. The smallest absolute Gasteiger partial charge is 0.411 e. The SMILES string of the molecule is COc1ccc(CCl)c(OCCOCC(F)(F)F)c1. The maximum atomic E-state index is 11.8. The van der Waals surface area contributed by atoms with Crippen molar-refractivity contribution in [2.24, 2.45) is 0 Å². The summed E-state index contributed by atoms with van der Waals surface area (Å²) >= 11 is 5.73. The van der Waals surface area contributed by atoms with Crippen LogP contribution < -0.4 is 9.47 Å². The highest BCUT2D eigenvalue weighted by atomic mass is 35.5. The third-order valence-corrected chi connectivity index (χ3v) is 2.46. The van der Waals surface area contributed by atoms with Gasteiger partial charge < -0.3 is 14.2 Å². The maximum Gasteiger partial charge on any atom is 0.411 e. The number of hydrogen-bond acceptors (Lipinski definition) is 3. The fourth-order valence-corrected chi connectivity index (χ4v) is 1.53. The zero-order valence-electron chi connectivity index (χ0n) is 10.3. The lowest BCUT2D eigenvalue weighted by atomic mass is 10.2. The third-order valence-electron chi connectivity index (χ3n) is 2.17. The largest absolute Gasteiger partial charge is 0.497 e. The summed E-state index contributed by atoms with van der Waals surface area (Å²) in [6, 6.07) is 5.09. The van der Waals surface area contributed by atoms with Crippen LogP contribution in [0.2, 0.25) is 0 Å². The lowest BCUT2D eigenvalue weighted by molar-refractivity contribution is -0.175. The average molecular weight is 299 g/mol. The van der Waals surface area contributed by atoms with E-state index in [2.05, 4.69) is 4.74 Å². The molecule has 0 atom stereocenters. The van der Waals surface area contributed by atoms with Crippen LogP contribution in [0.1, 0.15) is 5.56 Å². The van der Waals surface area contributed by atoms with E-state index in [0.717, 1.165) is 5.56 Å². The summed E-state index contributed by atoms with van der Waals surface area (Å²) in [5, 5.41) is 0. The van der Waals surface area contributed by atoms with Crippen molar-refractivity contribution in [2.45, 2.75) is 12.1 Å². The Kier molecular flexibility index (Phi) is 6.24. The zero-order valence-corrected chi connectivity index (χ0v) is 11.1. The van der Waals surface area contributed by atoms with E-state index in [1.54, 1.807) is 18.2 Å². The van der Waals surface area contributed by atoms with Crippen LogP contribution in [0, 0.1) is 0 Å². The fourth-order valence-electron chi connectivity index (χ4n) is 1.31. The molecule has 0 aliphatic carbocycles. The Bertz CT molecular complexity index is 396. The molecule has 0 aliphatic heterocycles. The number of alkyl halides is 4. The van der Waals surface area contributed by atoms with Crippen LogP contribution >= 0.6 is 11.6 Å². The number of halogens is 4. The minimum atomic E-state index is -4.32. The van der Waals surface area contributed by atoms with Crippen LogP contribution in [0.15, 0.2) is 18.2 Å². The Labute approximate surface area is 114 Å². The second-order valence-electron chi connectivity index (χ2n) is 3.62. The van der Waals surface area contributed by atoms with Gasteiger partial charge in [0, 0.05) is 11.6 Å². The molecule has 1 aromatic rings. The molecule has 19 heavy (non-hydrogen) atoms. The van der Waals surface area contributed by atoms with Crippen molar-refractivity contribution in [1.82, 2.24) is 0 Å². The highest BCUT2D eigenvalue weighted by molar-refractivity contribution is 6.17. The van der Waals surface area contributed by atoms with E-state index >= 15 is 0 Å². The van der Waals surface area contributed by atoms with Gasteiger partial charge in [-0.3, -0.25) is 0 Å². The van der Waals surface area contributed by atoms with Crippen molar-refractivity contribution in [3.05, 3.63) is 23.8 Å². The van der Waals surface area contributed by atoms with Gasteiger partial charge in [-0.2, -0.15) is 13.2 Å². The first-order valence-corrected chi connectivity index (χ1v) is 6.00. The molecule has 0 aromatic heterocycles. The van der Waals surface area contributed by atoms with E-state index in [1.165, 1.54) is 7.11 Å². The topological polar surface area (TPSA) is 27.7 Å². The van der Waals surface area contributed by atoms with Crippen molar-refractivity contribution < 1.29 is 27.4 Å². The molecule has 1 aromatic carbocycles. The van der Waals surface area contributed by atoms with Crippen LogP contribution in [0.4, 0.5) is 13.2 Å². The van der Waals surface area contributed by atoms with Gasteiger partial charge in [-0.15, -0.1) is 11.6 Å². The number of methoxy groups -OCH3 is 1. The summed E-state index contributed by atoms with van der Waals surface area (Å²) in [5.74, 6) is 1.30. The fraction of sp³-hybridized carbons (Fsp3) is 0.500. The van der Waals surface area contributed by atoms with Gasteiger partial charge in [0.15, 0.2) is 0 Å². The molecule has 108 valence electrons. The Balaban J connectivity index is 2.43. The predicted octanol–water partition coefficient (Wildman–Crippen LogP) is 3.39. The number of hydrogen-bond donors (Lipinski definition) is 0. The van der Waals surface area contributed by atoms with Crippen molar-refractivity contribution in [3.63, 3.8) is 0 Å². The molecule has 0 heterocycles. The van der Waals surface area contributed by atoms with Crippen molar-refractivity contribution >= 4 is 11.6 Å². The molecule has 0 unspecified atom stereocenters. The zero-order chi connectivity index (χ0) is 14.3. The Morgan fingerprint density at radius 3 is 2.53 bits per heavy atom. The summed E-state index contributed by atoms with van der Waals surface area (Å²) in [5.41, 5.74) is 0.735. The van der Waals surface area contributed by atoms with E-state index in [1.807, 2.05) is 0 Å². The lowest BCUT2D eigenvalue weighted by Crippen LogP contribution is -2.19. The Hall–Kier alpha value is -1.14. The van der Waals surface area contributed by atoms with E-state index in [9.17, 15) is 13.2 Å². The van der Waals surface area contributed by atoms with Crippen LogP contribution in [-0.4, -0.2) is 33.1 Å². The second-order valence-corrected chi connectivity index (χ2v) is 3.89. The first-order valence-electron chi connectivity index (χ1n) is 5.46. The molecule has 0 amide bonds. The summed E-state index contributed by atoms with van der Waals surface area (Å²) in [6.07, 6.45) is -4.32. The van der Waals surface area contributed by atoms with Gasteiger partial charge in [-0.1, -0.05) is 6.07 Å². The van der Waals surface area contributed by atoms with Gasteiger partial charge >= 0.3 is 6.18 Å². The molecule has 0 saturated carbocycles. The van der Waals surface area contributed by atoms with Gasteiger partial charge in [0.2, 0.25) is 0 Å². The van der Waals surface area contributed by atoms with E-state index in [4.69, 9.17) is 21.1 Å². The van der Waals surface area contributed by atoms with Crippen molar-refractivity contribution in [1.29, 1.82) is 0 Å². The highest BCUT2D eigenvalue weighted by Gasteiger charge is 2.27. The minimum Gasteiger partial charge on any atom is -0.497 e. The number of rotatable bonds is 7. The standard InChI is InChI=1S/C12H14ClF3O3/c1-17-10-3-2-9(7-13)11(6-10)19-5-4-18-8-12(14,15)16/h2-3,6H,4-5,7-8H2,1H3. The summed E-state index contributed by atoms with van der Waals surface area (Å²) in [4.78, 5) is 0. The minimum absolute atomic E-state index is 0.00708. The highest BCUT2D eigenvalue weighted by Crippen LogP contribution is 2.26. The normalized spacial score (nSPS) is 11.4. The van der Waals surface area contributed by atoms with Crippen molar-refractivity contribution in [3.8, 4) is 11.5 Å². The Morgan fingerprint density at radius 1 is 1.21 bits per heavy atom. The molecule has 0 N–H and O–H groups in total. The maximum absolute atomic E-state index is 11.8. The van der Waals surface area contributed by atoms with Gasteiger partial charge in [-0.25, -0.2) is 0 Å². The number of benzene rings is 1. The molecule has 0 fully saturated rings. The third kappa shape index (κ3) is 6.02. The molecule has 0 aliphatic rings. The monoisotopic (exact) mass is 298 g/mol. The van der Waals surface area contributed by atoms with Crippen LogP contribution in [0.5, 0.6) is 11.5 Å². The van der Waals surface area contributed by atoms with E-state index in [-0.39, 0.29) is 19.1 Å². The average Bonchev–Trinajstić information content (AvgIpc) is 2.36. The molecule has 0 bridgehead atoms. The van der Waals surface area contributed by atoms with Gasteiger partial charge in [0.05, 0.1) is 19.6 Å². The molecule has 3 nitrogen and oxygen atoms in total. The van der Waals surface area contributed by atoms with Gasteiger partial charge in [0.25, 0.3) is 0 Å². The summed E-state index contributed by atoms with van der Waals surface area (Å²) < 4.78 is 50.3. The van der Waals surface area contributed by atoms with Crippen LogP contribution in [0.25, 0.3) is 0 Å². The lowest BCUT2D eigenvalue weighted by Gasteiger charge is -2.12. The molecule has 1 rings (SSSR count). The molecule has 0 saturated heterocycles. The van der Waals surface area contributed by atoms with Gasteiger partial charge in [-0.05, 0) is 6.07 Å².